The number of anilines is 1. The molecule has 1 aromatic carbocycles. The second kappa shape index (κ2) is 7.23. The van der Waals surface area contributed by atoms with Crippen molar-refractivity contribution in [3.05, 3.63) is 94.1 Å². The Labute approximate surface area is 184 Å². The van der Waals surface area contributed by atoms with E-state index in [1.165, 1.54) is 5.56 Å². The maximum atomic E-state index is 5.60. The molecule has 0 saturated carbocycles. The molecule has 2 aliphatic rings. The van der Waals surface area contributed by atoms with Crippen LogP contribution in [0.5, 0.6) is 0 Å². The van der Waals surface area contributed by atoms with Gasteiger partial charge >= 0.3 is 0 Å². The molecule has 3 aromatic heterocycles. The fourth-order valence-corrected chi connectivity index (χ4v) is 4.46. The van der Waals surface area contributed by atoms with E-state index in [0.717, 1.165) is 56.8 Å². The highest BCUT2D eigenvalue weighted by Gasteiger charge is 2.29. The fraction of sp³-hybridized carbons (Fsp3) is 0.160. The fourth-order valence-electron chi connectivity index (χ4n) is 4.46. The van der Waals surface area contributed by atoms with Crippen molar-refractivity contribution in [3.63, 3.8) is 0 Å². The zero-order chi connectivity index (χ0) is 21.7. The van der Waals surface area contributed by atoms with E-state index < -0.39 is 0 Å². The normalized spacial score (nSPS) is 16.3. The number of aryl methyl sites for hydroxylation is 1. The van der Waals surface area contributed by atoms with Crippen molar-refractivity contribution in [1.82, 2.24) is 20.1 Å². The quantitative estimate of drug-likeness (QED) is 0.529. The summed E-state index contributed by atoms with van der Waals surface area (Å²) in [5.74, 6) is 1.64. The molecule has 0 radical (unpaired) electrons. The van der Waals surface area contributed by atoms with Crippen LogP contribution >= 0.6 is 0 Å². The molecular formula is C25H22N6O. The number of fused-ring (bicyclic) bond motifs is 3. The van der Waals surface area contributed by atoms with Crippen LogP contribution in [0.1, 0.15) is 28.7 Å². The highest BCUT2D eigenvalue weighted by Crippen LogP contribution is 2.32. The average Bonchev–Trinajstić information content (AvgIpc) is 3.52. The molecule has 4 aromatic rings. The van der Waals surface area contributed by atoms with Gasteiger partial charge in [-0.15, -0.1) is 0 Å². The third-order valence-corrected chi connectivity index (χ3v) is 6.07. The van der Waals surface area contributed by atoms with Crippen LogP contribution in [0.4, 0.5) is 5.82 Å². The molecule has 0 spiro atoms. The van der Waals surface area contributed by atoms with Crippen LogP contribution in [0.15, 0.2) is 70.4 Å². The molecule has 0 amide bonds. The van der Waals surface area contributed by atoms with E-state index in [-0.39, 0.29) is 6.17 Å². The van der Waals surface area contributed by atoms with Crippen molar-refractivity contribution in [2.45, 2.75) is 19.5 Å². The lowest BCUT2D eigenvalue weighted by Crippen LogP contribution is -2.30. The van der Waals surface area contributed by atoms with Gasteiger partial charge in [0.1, 0.15) is 17.3 Å². The summed E-state index contributed by atoms with van der Waals surface area (Å²) in [4.78, 5) is 4.69. The first-order valence-corrected chi connectivity index (χ1v) is 10.6. The number of allylic oxidation sites excluding steroid dienone is 2. The highest BCUT2D eigenvalue weighted by atomic mass is 16.5. The molecule has 1 aliphatic heterocycles. The van der Waals surface area contributed by atoms with Gasteiger partial charge in [-0.3, -0.25) is 5.43 Å². The molecule has 1 unspecified atom stereocenters. The number of nitrogens with zero attached hydrogens (tertiary/aromatic N) is 4. The lowest BCUT2D eigenvalue weighted by atomic mass is 10.0. The molecule has 4 heterocycles. The molecule has 7 nitrogen and oxygen atoms in total. The minimum Gasteiger partial charge on any atom is -0.373 e. The molecular weight excluding hydrogens is 400 g/mol. The Morgan fingerprint density at radius 3 is 2.84 bits per heavy atom. The molecule has 6 rings (SSSR count). The molecule has 0 fully saturated rings. The van der Waals surface area contributed by atoms with Crippen molar-refractivity contribution in [2.24, 2.45) is 5.10 Å². The predicted molar refractivity (Wildman–Crippen MR) is 123 cm³/mol. The minimum atomic E-state index is -0.167. The molecule has 0 bridgehead atoms. The van der Waals surface area contributed by atoms with Crippen LogP contribution in [0, 0.1) is 6.92 Å². The summed E-state index contributed by atoms with van der Waals surface area (Å²) in [6, 6.07) is 16.1. The first-order valence-electron chi connectivity index (χ1n) is 10.6. The second-order valence-electron chi connectivity index (χ2n) is 7.98. The Kier molecular flexibility index (Phi) is 4.21. The van der Waals surface area contributed by atoms with E-state index >= 15 is 0 Å². The summed E-state index contributed by atoms with van der Waals surface area (Å²) in [7, 11) is 1.88. The smallest absolute Gasteiger partial charge is 0.162 e. The largest absolute Gasteiger partial charge is 0.373 e. The van der Waals surface area contributed by atoms with E-state index in [1.807, 2.05) is 62.5 Å². The van der Waals surface area contributed by atoms with Crippen molar-refractivity contribution in [1.29, 1.82) is 0 Å². The lowest BCUT2D eigenvalue weighted by molar-refractivity contribution is 0.394. The third-order valence-electron chi connectivity index (χ3n) is 6.07. The Hall–Kier alpha value is -4.13. The van der Waals surface area contributed by atoms with Gasteiger partial charge in [0.05, 0.1) is 11.3 Å². The molecule has 32 heavy (non-hydrogen) atoms. The van der Waals surface area contributed by atoms with Crippen molar-refractivity contribution < 1.29 is 4.52 Å². The third kappa shape index (κ3) is 2.85. The van der Waals surface area contributed by atoms with Gasteiger partial charge in [0, 0.05) is 24.0 Å². The van der Waals surface area contributed by atoms with E-state index in [1.54, 1.807) is 0 Å². The Morgan fingerprint density at radius 1 is 1.12 bits per heavy atom. The number of hydrogen-bond acceptors (Lipinski definition) is 6. The Morgan fingerprint density at radius 2 is 2.00 bits per heavy atom. The van der Waals surface area contributed by atoms with Crippen LogP contribution < -0.4 is 21.4 Å². The van der Waals surface area contributed by atoms with Crippen LogP contribution in [0.3, 0.4) is 0 Å². The Bertz CT molecular complexity index is 1480. The van der Waals surface area contributed by atoms with Crippen LogP contribution in [0.25, 0.3) is 22.9 Å². The van der Waals surface area contributed by atoms with Crippen LogP contribution in [0.2, 0.25) is 0 Å². The minimum absolute atomic E-state index is 0.167. The van der Waals surface area contributed by atoms with Gasteiger partial charge in [-0.1, -0.05) is 47.6 Å². The zero-order valence-electron chi connectivity index (χ0n) is 17.8. The Balaban J connectivity index is 1.43. The zero-order valence-corrected chi connectivity index (χ0v) is 17.8. The maximum absolute atomic E-state index is 5.60. The summed E-state index contributed by atoms with van der Waals surface area (Å²) >= 11 is 0. The van der Waals surface area contributed by atoms with Gasteiger partial charge in [-0.05, 0) is 42.7 Å². The topological polar surface area (TPSA) is 80.3 Å². The van der Waals surface area contributed by atoms with Crippen molar-refractivity contribution in [2.75, 3.05) is 12.4 Å². The SMILES string of the molecule is CNc1cccc(C2=CCc3cn4c(c3=C2)=NNC4c2c(-c3ccccc3)noc2C)n1. The molecule has 0 saturated heterocycles. The molecule has 158 valence electrons. The number of aromatic nitrogens is 3. The molecule has 1 atom stereocenters. The molecule has 7 heteroatoms. The number of pyridine rings is 1. The summed E-state index contributed by atoms with van der Waals surface area (Å²) in [5, 5.41) is 13.3. The van der Waals surface area contributed by atoms with Crippen molar-refractivity contribution in [3.8, 4) is 11.3 Å². The first-order chi connectivity index (χ1) is 15.7. The van der Waals surface area contributed by atoms with Gasteiger partial charge < -0.3 is 14.4 Å². The standard InChI is InChI=1S/C25H22N6O/c1-15-22(23(30-32-15)16-7-4-3-5-8-16)25-29-28-24-19-13-17(11-12-18(19)14-31(24)25)20-9-6-10-21(26-2)27-20/h3-11,13-14,25,29H,12H2,1-2H3,(H,26,27). The number of nitrogens with one attached hydrogen (secondary N) is 2. The first kappa shape index (κ1) is 18.6. The number of rotatable bonds is 4. The summed E-state index contributed by atoms with van der Waals surface area (Å²) in [5.41, 5.74) is 10.4. The van der Waals surface area contributed by atoms with Gasteiger partial charge in [-0.2, -0.15) is 5.10 Å². The van der Waals surface area contributed by atoms with E-state index in [0.29, 0.717) is 0 Å². The highest BCUT2D eigenvalue weighted by molar-refractivity contribution is 5.88. The summed E-state index contributed by atoms with van der Waals surface area (Å²) in [6.45, 7) is 1.95. The number of hydrogen-bond donors (Lipinski definition) is 2. The van der Waals surface area contributed by atoms with Crippen molar-refractivity contribution >= 4 is 17.5 Å². The van der Waals surface area contributed by atoms with Crippen LogP contribution in [-0.4, -0.2) is 21.8 Å². The lowest BCUT2D eigenvalue weighted by Gasteiger charge is -2.14. The molecule has 2 N–H and O–H groups in total. The monoisotopic (exact) mass is 422 g/mol. The van der Waals surface area contributed by atoms with Gasteiger partial charge in [0.2, 0.25) is 0 Å². The van der Waals surface area contributed by atoms with Crippen LogP contribution in [-0.2, 0) is 6.42 Å². The maximum Gasteiger partial charge on any atom is 0.162 e. The van der Waals surface area contributed by atoms with E-state index in [4.69, 9.17) is 14.6 Å². The molecule has 1 aliphatic carbocycles. The van der Waals surface area contributed by atoms with E-state index in [2.05, 4.69) is 38.8 Å². The average molecular weight is 422 g/mol. The second-order valence-corrected chi connectivity index (χ2v) is 7.98. The predicted octanol–water partition coefficient (Wildman–Crippen LogP) is 2.99. The van der Waals surface area contributed by atoms with Gasteiger partial charge in [0.15, 0.2) is 11.7 Å². The van der Waals surface area contributed by atoms with Gasteiger partial charge in [0.25, 0.3) is 0 Å². The summed E-state index contributed by atoms with van der Waals surface area (Å²) in [6.07, 6.45) is 7.25. The summed E-state index contributed by atoms with van der Waals surface area (Å²) < 4.78 is 7.78. The van der Waals surface area contributed by atoms with E-state index in [9.17, 15) is 0 Å². The van der Waals surface area contributed by atoms with Gasteiger partial charge in [-0.25, -0.2) is 4.98 Å². The number of benzene rings is 1.